The first-order valence-electron chi connectivity index (χ1n) is 10.8. The van der Waals surface area contributed by atoms with Crippen molar-refractivity contribution < 1.29 is 9.53 Å². The molecule has 10 heteroatoms. The topological polar surface area (TPSA) is 102 Å². The van der Waals surface area contributed by atoms with E-state index in [1.807, 2.05) is 17.5 Å². The van der Waals surface area contributed by atoms with Crippen LogP contribution in [0.2, 0.25) is 5.02 Å². The number of aromatic nitrogens is 4. The smallest absolute Gasteiger partial charge is 0.269 e. The van der Waals surface area contributed by atoms with Gasteiger partial charge >= 0.3 is 0 Å². The fraction of sp³-hybridized carbons (Fsp3) is 0.250. The van der Waals surface area contributed by atoms with Gasteiger partial charge in [0.2, 0.25) is 5.95 Å². The number of amides is 1. The molecule has 0 fully saturated rings. The van der Waals surface area contributed by atoms with E-state index in [-0.39, 0.29) is 17.4 Å². The fourth-order valence-corrected chi connectivity index (χ4v) is 4.62. The van der Waals surface area contributed by atoms with Crippen LogP contribution in [0.15, 0.2) is 52.6 Å². The van der Waals surface area contributed by atoms with Gasteiger partial charge in [0.15, 0.2) is 5.60 Å². The van der Waals surface area contributed by atoms with E-state index in [4.69, 9.17) is 16.3 Å². The normalized spacial score (nSPS) is 13.0. The van der Waals surface area contributed by atoms with Gasteiger partial charge in [-0.2, -0.15) is 9.78 Å². The van der Waals surface area contributed by atoms with E-state index < -0.39 is 5.60 Å². The van der Waals surface area contributed by atoms with Crippen molar-refractivity contribution >= 4 is 34.7 Å². The number of benzene rings is 1. The van der Waals surface area contributed by atoms with E-state index in [1.54, 1.807) is 44.2 Å². The number of rotatable bonds is 6. The van der Waals surface area contributed by atoms with Gasteiger partial charge < -0.3 is 10.1 Å². The molecule has 8 nitrogen and oxygen atoms in total. The van der Waals surface area contributed by atoms with Gasteiger partial charge in [0.25, 0.3) is 11.5 Å². The van der Waals surface area contributed by atoms with Crippen molar-refractivity contribution in [1.29, 1.82) is 0 Å². The van der Waals surface area contributed by atoms with Gasteiger partial charge in [-0.3, -0.25) is 14.6 Å². The van der Waals surface area contributed by atoms with Gasteiger partial charge in [-0.1, -0.05) is 17.7 Å². The Hall–Kier alpha value is -3.43. The van der Waals surface area contributed by atoms with Gasteiger partial charge in [0.05, 0.1) is 10.6 Å². The summed E-state index contributed by atoms with van der Waals surface area (Å²) in [7, 11) is 0. The minimum absolute atomic E-state index is 0.172. The highest BCUT2D eigenvalue weighted by atomic mass is 35.5. The van der Waals surface area contributed by atoms with Gasteiger partial charge in [0.1, 0.15) is 17.3 Å². The second kappa shape index (κ2) is 8.73. The van der Waals surface area contributed by atoms with Crippen molar-refractivity contribution in [3.63, 3.8) is 0 Å². The number of hydrogen-bond donors (Lipinski definition) is 2. The number of thiophene rings is 1. The third kappa shape index (κ3) is 4.36. The van der Waals surface area contributed by atoms with Crippen molar-refractivity contribution in [2.24, 2.45) is 0 Å². The third-order valence-corrected chi connectivity index (χ3v) is 6.73. The first kappa shape index (κ1) is 22.4. The second-order valence-corrected chi connectivity index (χ2v) is 9.88. The molecule has 174 valence electrons. The Bertz CT molecular complexity index is 1410. The molecule has 0 aliphatic heterocycles. The SMILES string of the molecule is CC(C)(Oc1ccc(Cl)cc1)C(=O)Nc1cc(-c2cccs2)nn1-c1nc2c(c(=O)[nH]1)CCC2. The van der Waals surface area contributed by atoms with Crippen molar-refractivity contribution in [1.82, 2.24) is 19.7 Å². The Morgan fingerprint density at radius 3 is 2.76 bits per heavy atom. The summed E-state index contributed by atoms with van der Waals surface area (Å²) in [6.07, 6.45) is 2.36. The highest BCUT2D eigenvalue weighted by molar-refractivity contribution is 7.13. The third-order valence-electron chi connectivity index (χ3n) is 5.59. The molecule has 0 unspecified atom stereocenters. The molecule has 0 saturated carbocycles. The lowest BCUT2D eigenvalue weighted by Gasteiger charge is -2.25. The second-order valence-electron chi connectivity index (χ2n) is 8.49. The maximum Gasteiger partial charge on any atom is 0.269 e. The van der Waals surface area contributed by atoms with Crippen molar-refractivity contribution in [2.75, 3.05) is 5.32 Å². The van der Waals surface area contributed by atoms with E-state index in [2.05, 4.69) is 20.4 Å². The number of carbonyl (C=O) groups is 1. The van der Waals surface area contributed by atoms with Crippen LogP contribution in [0.3, 0.4) is 0 Å². The minimum atomic E-state index is -1.20. The number of aromatic amines is 1. The highest BCUT2D eigenvalue weighted by Crippen LogP contribution is 2.29. The van der Waals surface area contributed by atoms with Gasteiger partial charge in [-0.05, 0) is 68.8 Å². The molecule has 1 aliphatic rings. The minimum Gasteiger partial charge on any atom is -0.478 e. The Morgan fingerprint density at radius 1 is 1.24 bits per heavy atom. The summed E-state index contributed by atoms with van der Waals surface area (Å²) in [6, 6.07) is 12.4. The number of nitrogens with zero attached hydrogens (tertiary/aromatic N) is 3. The number of fused-ring (bicyclic) bond motifs is 1. The molecule has 3 heterocycles. The lowest BCUT2D eigenvalue weighted by atomic mass is 10.1. The van der Waals surface area contributed by atoms with Gasteiger partial charge in [-0.15, -0.1) is 11.3 Å². The number of hydrogen-bond acceptors (Lipinski definition) is 6. The molecule has 0 spiro atoms. The Morgan fingerprint density at radius 2 is 2.03 bits per heavy atom. The number of halogens is 1. The van der Waals surface area contributed by atoms with Crippen LogP contribution in [0.1, 0.15) is 31.5 Å². The maximum atomic E-state index is 13.2. The number of ether oxygens (including phenoxy) is 1. The number of H-pyrrole nitrogens is 1. The van der Waals surface area contributed by atoms with Crippen LogP contribution < -0.4 is 15.6 Å². The zero-order chi connectivity index (χ0) is 23.9. The Labute approximate surface area is 204 Å². The molecule has 1 aromatic carbocycles. The summed E-state index contributed by atoms with van der Waals surface area (Å²) in [4.78, 5) is 34.2. The van der Waals surface area contributed by atoms with E-state index >= 15 is 0 Å². The lowest BCUT2D eigenvalue weighted by Crippen LogP contribution is -2.43. The molecule has 3 aromatic heterocycles. The Kier molecular flexibility index (Phi) is 5.75. The van der Waals surface area contributed by atoms with E-state index in [9.17, 15) is 9.59 Å². The molecule has 0 radical (unpaired) electrons. The summed E-state index contributed by atoms with van der Waals surface area (Å²) in [5.41, 5.74) is 0.775. The van der Waals surface area contributed by atoms with E-state index in [0.717, 1.165) is 35.4 Å². The van der Waals surface area contributed by atoms with E-state index in [1.165, 1.54) is 16.0 Å². The monoisotopic (exact) mass is 495 g/mol. The standard InChI is InChI=1S/C24H22ClN5O3S/c1-24(2,33-15-10-8-14(25)9-11-15)22(32)27-20-13-18(19-7-4-12-34-19)29-30(20)23-26-17-6-3-5-16(17)21(31)28-23/h4,7-13H,3,5-6H2,1-2H3,(H,27,32)(H,26,28,31). The molecule has 34 heavy (non-hydrogen) atoms. The first-order valence-corrected chi connectivity index (χ1v) is 12.1. The summed E-state index contributed by atoms with van der Waals surface area (Å²) < 4.78 is 7.39. The summed E-state index contributed by atoms with van der Waals surface area (Å²) in [5.74, 6) is 0.772. The fourth-order valence-electron chi connectivity index (χ4n) is 3.82. The molecule has 5 rings (SSSR count). The molecular formula is C24H22ClN5O3S. The van der Waals surface area contributed by atoms with Gasteiger partial charge in [0, 0.05) is 16.7 Å². The zero-order valence-electron chi connectivity index (χ0n) is 18.6. The summed E-state index contributed by atoms with van der Waals surface area (Å²) in [6.45, 7) is 3.35. The van der Waals surface area contributed by atoms with Crippen LogP contribution in [-0.2, 0) is 17.6 Å². The molecule has 0 atom stereocenters. The summed E-state index contributed by atoms with van der Waals surface area (Å²) in [5, 5.41) is 10.1. The average Bonchev–Trinajstić information content (AvgIpc) is 3.55. The van der Waals surface area contributed by atoms with Crippen LogP contribution in [0.4, 0.5) is 5.82 Å². The molecule has 4 aromatic rings. The number of anilines is 1. The molecule has 2 N–H and O–H groups in total. The average molecular weight is 496 g/mol. The quantitative estimate of drug-likeness (QED) is 0.406. The first-order chi connectivity index (χ1) is 16.3. The zero-order valence-corrected chi connectivity index (χ0v) is 20.2. The van der Waals surface area contributed by atoms with Crippen LogP contribution in [-0.4, -0.2) is 31.3 Å². The van der Waals surface area contributed by atoms with Crippen LogP contribution in [0, 0.1) is 0 Å². The van der Waals surface area contributed by atoms with Crippen LogP contribution in [0.25, 0.3) is 16.5 Å². The molecule has 1 aliphatic carbocycles. The van der Waals surface area contributed by atoms with Crippen molar-refractivity contribution in [3.05, 3.63) is 74.5 Å². The largest absolute Gasteiger partial charge is 0.478 e. The maximum absolute atomic E-state index is 13.2. The summed E-state index contributed by atoms with van der Waals surface area (Å²) >= 11 is 7.47. The van der Waals surface area contributed by atoms with Crippen molar-refractivity contribution in [2.45, 2.75) is 38.7 Å². The Balaban J connectivity index is 1.49. The number of carbonyl (C=O) groups excluding carboxylic acids is 1. The van der Waals surface area contributed by atoms with E-state index in [0.29, 0.717) is 22.3 Å². The number of aryl methyl sites for hydroxylation is 1. The number of nitrogens with one attached hydrogen (secondary N) is 2. The van der Waals surface area contributed by atoms with Crippen LogP contribution in [0.5, 0.6) is 5.75 Å². The molecule has 1 amide bonds. The lowest BCUT2D eigenvalue weighted by molar-refractivity contribution is -0.128. The molecule has 0 bridgehead atoms. The predicted molar refractivity (Wildman–Crippen MR) is 132 cm³/mol. The van der Waals surface area contributed by atoms with Crippen LogP contribution >= 0.6 is 22.9 Å². The molecule has 0 saturated heterocycles. The highest BCUT2D eigenvalue weighted by Gasteiger charge is 2.32. The van der Waals surface area contributed by atoms with Gasteiger partial charge in [-0.25, -0.2) is 4.98 Å². The van der Waals surface area contributed by atoms with Crippen molar-refractivity contribution in [3.8, 4) is 22.3 Å². The molecular weight excluding hydrogens is 474 g/mol. The predicted octanol–water partition coefficient (Wildman–Crippen LogP) is 4.62.